The van der Waals surface area contributed by atoms with Crippen molar-refractivity contribution in [1.29, 1.82) is 0 Å². The van der Waals surface area contributed by atoms with Gasteiger partial charge < -0.3 is 5.32 Å². The summed E-state index contributed by atoms with van der Waals surface area (Å²) in [4.78, 5) is 0.287. The molecular weight excluding hydrogens is 308 g/mol. The van der Waals surface area contributed by atoms with Crippen LogP contribution in [0, 0.1) is 0 Å². The van der Waals surface area contributed by atoms with Gasteiger partial charge in [-0.1, -0.05) is 32.4 Å². The molecule has 1 rings (SSSR count). The lowest BCUT2D eigenvalue weighted by molar-refractivity contribution is 0.380. The number of nitrogens with one attached hydrogen (secondary N) is 1. The molecule has 0 aliphatic carbocycles. The number of hydrogen-bond donors (Lipinski definition) is 1. The van der Waals surface area contributed by atoms with Gasteiger partial charge in [-0.05, 0) is 37.1 Å². The normalized spacial score (nSPS) is 13.9. The van der Waals surface area contributed by atoms with E-state index in [0.717, 1.165) is 12.0 Å². The molecule has 0 bridgehead atoms. The third-order valence-corrected chi connectivity index (χ3v) is 5.94. The Labute approximate surface area is 133 Å². The van der Waals surface area contributed by atoms with Gasteiger partial charge in [-0.25, -0.2) is 8.42 Å². The zero-order valence-electron chi connectivity index (χ0n) is 13.4. The molecule has 0 saturated carbocycles. The van der Waals surface area contributed by atoms with Gasteiger partial charge in [0.1, 0.15) is 0 Å². The summed E-state index contributed by atoms with van der Waals surface area (Å²) in [6.45, 7) is 8.48. The van der Waals surface area contributed by atoms with Gasteiger partial charge in [0.15, 0.2) is 0 Å². The third-order valence-electron chi connectivity index (χ3n) is 3.61. The second-order valence-corrected chi connectivity index (χ2v) is 7.97. The topological polar surface area (TPSA) is 49.4 Å². The Morgan fingerprint density at radius 3 is 2.43 bits per heavy atom. The van der Waals surface area contributed by atoms with E-state index in [-0.39, 0.29) is 10.9 Å². The molecule has 1 N–H and O–H groups in total. The Bertz CT molecular complexity index is 573. The lowest BCUT2D eigenvalue weighted by atomic mass is 10.2. The van der Waals surface area contributed by atoms with Crippen LogP contribution in [0.25, 0.3) is 0 Å². The number of nitrogens with zero attached hydrogens (tertiary/aromatic N) is 1. The highest BCUT2D eigenvalue weighted by Crippen LogP contribution is 2.24. The molecule has 4 nitrogen and oxygen atoms in total. The second-order valence-electron chi connectivity index (χ2n) is 5.57. The maximum absolute atomic E-state index is 12.6. The first-order chi connectivity index (χ1) is 9.70. The number of halogens is 1. The Morgan fingerprint density at radius 2 is 1.90 bits per heavy atom. The molecule has 1 atom stereocenters. The fourth-order valence-corrected chi connectivity index (χ4v) is 3.49. The molecule has 0 aliphatic rings. The molecule has 0 fully saturated rings. The van der Waals surface area contributed by atoms with E-state index in [2.05, 4.69) is 5.32 Å². The zero-order chi connectivity index (χ0) is 16.2. The largest absolute Gasteiger partial charge is 0.310 e. The predicted octanol–water partition coefficient (Wildman–Crippen LogP) is 3.26. The van der Waals surface area contributed by atoms with Crippen LogP contribution < -0.4 is 5.32 Å². The molecule has 1 aromatic rings. The molecule has 0 heterocycles. The van der Waals surface area contributed by atoms with Crippen LogP contribution in [-0.2, 0) is 16.6 Å². The Balaban J connectivity index is 3.11. The van der Waals surface area contributed by atoms with E-state index in [1.807, 2.05) is 27.7 Å². The molecule has 0 aromatic heterocycles. The van der Waals surface area contributed by atoms with Crippen LogP contribution in [0.5, 0.6) is 0 Å². The summed E-state index contributed by atoms with van der Waals surface area (Å²) in [5.41, 5.74) is 0.795. The Kier molecular flexibility index (Phi) is 6.66. The van der Waals surface area contributed by atoms with E-state index in [0.29, 0.717) is 17.6 Å². The van der Waals surface area contributed by atoms with Crippen LogP contribution in [0.3, 0.4) is 0 Å². The molecule has 0 saturated heterocycles. The van der Waals surface area contributed by atoms with E-state index >= 15 is 0 Å². The highest BCUT2D eigenvalue weighted by atomic mass is 35.5. The van der Waals surface area contributed by atoms with E-state index in [4.69, 9.17) is 11.6 Å². The van der Waals surface area contributed by atoms with Crippen molar-refractivity contribution < 1.29 is 8.42 Å². The van der Waals surface area contributed by atoms with Crippen molar-refractivity contribution in [2.45, 2.75) is 57.6 Å². The summed E-state index contributed by atoms with van der Waals surface area (Å²) >= 11 is 6.15. The van der Waals surface area contributed by atoms with Crippen LogP contribution >= 0.6 is 11.6 Å². The minimum atomic E-state index is -3.48. The summed E-state index contributed by atoms with van der Waals surface area (Å²) in [7, 11) is -1.87. The smallest absolute Gasteiger partial charge is 0.243 e. The first kappa shape index (κ1) is 18.4. The van der Waals surface area contributed by atoms with Gasteiger partial charge in [0.05, 0.1) is 4.90 Å². The predicted molar refractivity (Wildman–Crippen MR) is 88.1 cm³/mol. The number of rotatable bonds is 7. The summed E-state index contributed by atoms with van der Waals surface area (Å²) in [6.07, 6.45) is 0.769. The average Bonchev–Trinajstić information content (AvgIpc) is 2.44. The van der Waals surface area contributed by atoms with Gasteiger partial charge >= 0.3 is 0 Å². The van der Waals surface area contributed by atoms with E-state index < -0.39 is 10.0 Å². The number of sulfonamides is 1. The molecule has 1 aromatic carbocycles. The van der Waals surface area contributed by atoms with E-state index in [1.54, 1.807) is 25.2 Å². The van der Waals surface area contributed by atoms with Crippen molar-refractivity contribution in [3.05, 3.63) is 28.8 Å². The maximum atomic E-state index is 12.6. The minimum Gasteiger partial charge on any atom is -0.310 e. The zero-order valence-corrected chi connectivity index (χ0v) is 14.9. The van der Waals surface area contributed by atoms with Crippen LogP contribution in [0.1, 0.15) is 39.7 Å². The van der Waals surface area contributed by atoms with Gasteiger partial charge in [0.2, 0.25) is 10.0 Å². The Morgan fingerprint density at radius 1 is 1.29 bits per heavy atom. The van der Waals surface area contributed by atoms with Crippen molar-refractivity contribution in [2.75, 3.05) is 7.05 Å². The SMILES string of the molecule is CCC(C)N(C)S(=O)(=O)c1ccc(Cl)c(CNC(C)C)c1. The summed E-state index contributed by atoms with van der Waals surface area (Å²) < 4.78 is 26.6. The highest BCUT2D eigenvalue weighted by molar-refractivity contribution is 7.89. The second kappa shape index (κ2) is 7.58. The monoisotopic (exact) mass is 332 g/mol. The van der Waals surface area contributed by atoms with Crippen LogP contribution in [0.2, 0.25) is 5.02 Å². The van der Waals surface area contributed by atoms with Crippen molar-refractivity contribution in [2.24, 2.45) is 0 Å². The van der Waals surface area contributed by atoms with Crippen molar-refractivity contribution >= 4 is 21.6 Å². The van der Waals surface area contributed by atoms with Crippen molar-refractivity contribution in [3.63, 3.8) is 0 Å². The molecule has 21 heavy (non-hydrogen) atoms. The molecule has 0 aliphatic heterocycles. The third kappa shape index (κ3) is 4.68. The molecule has 6 heteroatoms. The van der Waals surface area contributed by atoms with Gasteiger partial charge in [0, 0.05) is 30.7 Å². The summed E-state index contributed by atoms with van der Waals surface area (Å²) in [5, 5.41) is 3.83. The molecule has 0 amide bonds. The molecule has 120 valence electrons. The van der Waals surface area contributed by atoms with Gasteiger partial charge in [-0.2, -0.15) is 4.31 Å². The van der Waals surface area contributed by atoms with Crippen LogP contribution in [0.4, 0.5) is 0 Å². The molecular formula is C15H25ClN2O2S. The lowest BCUT2D eigenvalue weighted by Crippen LogP contribution is -2.34. The molecule has 0 spiro atoms. The first-order valence-corrected chi connectivity index (χ1v) is 9.01. The Hall–Kier alpha value is -0.620. The standard InChI is InChI=1S/C15H25ClN2O2S/c1-6-12(4)18(5)21(19,20)14-7-8-15(16)13(9-14)10-17-11(2)3/h7-9,11-12,17H,6,10H2,1-5H3. The van der Waals surface area contributed by atoms with E-state index in [1.165, 1.54) is 4.31 Å². The summed E-state index contributed by atoms with van der Waals surface area (Å²) in [6, 6.07) is 5.14. The van der Waals surface area contributed by atoms with Gasteiger partial charge in [0.25, 0.3) is 0 Å². The average molecular weight is 333 g/mol. The quantitative estimate of drug-likeness (QED) is 0.833. The van der Waals surface area contributed by atoms with Crippen molar-refractivity contribution in [1.82, 2.24) is 9.62 Å². The summed E-state index contributed by atoms with van der Waals surface area (Å²) in [5.74, 6) is 0. The minimum absolute atomic E-state index is 0.0390. The fraction of sp³-hybridized carbons (Fsp3) is 0.600. The molecule has 1 unspecified atom stereocenters. The first-order valence-electron chi connectivity index (χ1n) is 7.20. The van der Waals surface area contributed by atoms with Gasteiger partial charge in [-0.3, -0.25) is 0 Å². The number of hydrogen-bond acceptors (Lipinski definition) is 3. The fourth-order valence-electron chi connectivity index (χ4n) is 1.82. The van der Waals surface area contributed by atoms with Gasteiger partial charge in [-0.15, -0.1) is 0 Å². The molecule has 0 radical (unpaired) electrons. The maximum Gasteiger partial charge on any atom is 0.243 e. The van der Waals surface area contributed by atoms with E-state index in [9.17, 15) is 8.42 Å². The van der Waals surface area contributed by atoms with Crippen LogP contribution in [-0.4, -0.2) is 31.9 Å². The lowest BCUT2D eigenvalue weighted by Gasteiger charge is -2.23. The van der Waals surface area contributed by atoms with Crippen LogP contribution in [0.15, 0.2) is 23.1 Å². The van der Waals surface area contributed by atoms with Crippen molar-refractivity contribution in [3.8, 4) is 0 Å². The highest BCUT2D eigenvalue weighted by Gasteiger charge is 2.25. The number of benzene rings is 1.